The lowest BCUT2D eigenvalue weighted by Crippen LogP contribution is -2.37. The predicted octanol–water partition coefficient (Wildman–Crippen LogP) is 1.59. The van der Waals surface area contributed by atoms with Gasteiger partial charge in [-0.25, -0.2) is 4.98 Å². The van der Waals surface area contributed by atoms with Crippen LogP contribution >= 0.6 is 0 Å². The van der Waals surface area contributed by atoms with E-state index in [4.69, 9.17) is 9.72 Å². The Hall–Kier alpha value is -1.20. The van der Waals surface area contributed by atoms with Gasteiger partial charge in [0.15, 0.2) is 0 Å². The highest BCUT2D eigenvalue weighted by molar-refractivity contribution is 5.37. The van der Waals surface area contributed by atoms with Gasteiger partial charge in [-0.05, 0) is 26.7 Å². The Morgan fingerprint density at radius 1 is 1.47 bits per heavy atom. The summed E-state index contributed by atoms with van der Waals surface area (Å²) in [6.45, 7) is 6.67. The maximum atomic E-state index is 5.22. The number of rotatable bonds is 8. The minimum atomic E-state index is 0.302. The third-order valence-electron chi connectivity index (χ3n) is 3.40. The van der Waals surface area contributed by atoms with E-state index >= 15 is 0 Å². The summed E-state index contributed by atoms with van der Waals surface area (Å²) in [5.74, 6) is 0.933. The second kappa shape index (κ2) is 6.82. The molecule has 1 aliphatic rings. The van der Waals surface area contributed by atoms with E-state index < -0.39 is 0 Å². The van der Waals surface area contributed by atoms with Crippen molar-refractivity contribution in [2.45, 2.75) is 45.3 Å². The number of nitrogens with zero attached hydrogens (tertiary/aromatic N) is 3. The summed E-state index contributed by atoms with van der Waals surface area (Å²) < 4.78 is 5.22. The van der Waals surface area contributed by atoms with E-state index in [9.17, 15) is 0 Å². The van der Waals surface area contributed by atoms with Gasteiger partial charge < -0.3 is 15.0 Å². The molecule has 0 bridgehead atoms. The van der Waals surface area contributed by atoms with Crippen LogP contribution in [0.2, 0.25) is 0 Å². The third-order valence-corrected chi connectivity index (χ3v) is 3.40. The number of anilines is 1. The van der Waals surface area contributed by atoms with E-state index in [1.807, 2.05) is 12.4 Å². The summed E-state index contributed by atoms with van der Waals surface area (Å²) in [7, 11) is 1.73. The van der Waals surface area contributed by atoms with Gasteiger partial charge in [-0.3, -0.25) is 4.98 Å². The molecule has 1 aliphatic carbocycles. The number of aromatic nitrogens is 2. The normalized spacial score (nSPS) is 16.4. The van der Waals surface area contributed by atoms with Crippen LogP contribution in [0.3, 0.4) is 0 Å². The van der Waals surface area contributed by atoms with Gasteiger partial charge in [0.25, 0.3) is 0 Å². The topological polar surface area (TPSA) is 50.3 Å². The van der Waals surface area contributed by atoms with Crippen LogP contribution in [-0.2, 0) is 11.3 Å². The molecule has 0 radical (unpaired) electrons. The molecule has 1 N–H and O–H groups in total. The molecule has 2 rings (SSSR count). The maximum absolute atomic E-state index is 5.22. The van der Waals surface area contributed by atoms with Crippen molar-refractivity contribution >= 4 is 5.82 Å². The lowest BCUT2D eigenvalue weighted by Gasteiger charge is -2.28. The fraction of sp³-hybridized carbons (Fsp3) is 0.714. The lowest BCUT2D eigenvalue weighted by atomic mass is 10.3. The summed E-state index contributed by atoms with van der Waals surface area (Å²) in [4.78, 5) is 11.2. The lowest BCUT2D eigenvalue weighted by molar-refractivity contribution is 0.181. The molecule has 1 aromatic heterocycles. The highest BCUT2D eigenvalue weighted by Gasteiger charge is 2.20. The minimum absolute atomic E-state index is 0.302. The largest absolute Gasteiger partial charge is 0.383 e. The molecule has 1 unspecified atom stereocenters. The van der Waals surface area contributed by atoms with Gasteiger partial charge in [-0.15, -0.1) is 0 Å². The zero-order valence-electron chi connectivity index (χ0n) is 12.1. The first-order valence-corrected chi connectivity index (χ1v) is 7.04. The van der Waals surface area contributed by atoms with E-state index in [1.165, 1.54) is 12.8 Å². The average molecular weight is 264 g/mol. The quantitative estimate of drug-likeness (QED) is 0.772. The Labute approximate surface area is 115 Å². The number of hydrogen-bond acceptors (Lipinski definition) is 5. The summed E-state index contributed by atoms with van der Waals surface area (Å²) in [6, 6.07) is 0.996. The SMILES string of the molecule is CCN(c1cncc(CNC2CC2)n1)C(C)COC. The molecule has 1 fully saturated rings. The van der Waals surface area contributed by atoms with Crippen molar-refractivity contribution in [2.24, 2.45) is 0 Å². The highest BCUT2D eigenvalue weighted by atomic mass is 16.5. The molecule has 1 aromatic rings. The molecule has 19 heavy (non-hydrogen) atoms. The maximum Gasteiger partial charge on any atom is 0.147 e. The van der Waals surface area contributed by atoms with Crippen molar-refractivity contribution < 1.29 is 4.74 Å². The summed E-state index contributed by atoms with van der Waals surface area (Å²) in [6.07, 6.45) is 6.25. The van der Waals surface area contributed by atoms with Gasteiger partial charge >= 0.3 is 0 Å². The summed E-state index contributed by atoms with van der Waals surface area (Å²) in [5, 5.41) is 3.47. The van der Waals surface area contributed by atoms with Crippen LogP contribution in [-0.4, -0.2) is 42.3 Å². The molecular formula is C14H24N4O. The molecule has 0 amide bonds. The van der Waals surface area contributed by atoms with Crippen LogP contribution in [0.5, 0.6) is 0 Å². The number of ether oxygens (including phenoxy) is 1. The molecule has 1 saturated carbocycles. The Morgan fingerprint density at radius 2 is 2.26 bits per heavy atom. The minimum Gasteiger partial charge on any atom is -0.383 e. The second-order valence-electron chi connectivity index (χ2n) is 5.11. The van der Waals surface area contributed by atoms with Crippen molar-refractivity contribution in [3.8, 4) is 0 Å². The molecule has 106 valence electrons. The molecular weight excluding hydrogens is 240 g/mol. The number of likely N-dealkylation sites (N-methyl/N-ethyl adjacent to an activating group) is 1. The highest BCUT2D eigenvalue weighted by Crippen LogP contribution is 2.19. The molecule has 0 aromatic carbocycles. The number of hydrogen-bond donors (Lipinski definition) is 1. The molecule has 1 atom stereocenters. The standard InChI is InChI=1S/C14H24N4O/c1-4-18(11(2)10-19-3)14-9-15-7-13(17-14)8-16-12-5-6-12/h7,9,11-12,16H,4-6,8,10H2,1-3H3. The molecule has 5 heteroatoms. The Kier molecular flexibility index (Phi) is 5.10. The van der Waals surface area contributed by atoms with Gasteiger partial charge in [0.05, 0.1) is 24.5 Å². The van der Waals surface area contributed by atoms with Crippen LogP contribution in [0, 0.1) is 0 Å². The van der Waals surface area contributed by atoms with E-state index in [2.05, 4.69) is 29.0 Å². The molecule has 1 heterocycles. The first-order valence-electron chi connectivity index (χ1n) is 7.04. The van der Waals surface area contributed by atoms with Crippen molar-refractivity contribution in [3.63, 3.8) is 0 Å². The monoisotopic (exact) mass is 264 g/mol. The smallest absolute Gasteiger partial charge is 0.147 e. The van der Waals surface area contributed by atoms with Crippen LogP contribution < -0.4 is 10.2 Å². The van der Waals surface area contributed by atoms with E-state index in [0.717, 1.165) is 24.6 Å². The third kappa shape index (κ3) is 4.14. The number of methoxy groups -OCH3 is 1. The zero-order chi connectivity index (χ0) is 13.7. The van der Waals surface area contributed by atoms with Gasteiger partial charge in [0.1, 0.15) is 5.82 Å². The van der Waals surface area contributed by atoms with Crippen LogP contribution in [0.25, 0.3) is 0 Å². The van der Waals surface area contributed by atoms with Crippen LogP contribution in [0.1, 0.15) is 32.4 Å². The first-order chi connectivity index (χ1) is 9.24. The molecule has 0 aliphatic heterocycles. The number of nitrogens with one attached hydrogen (secondary N) is 1. The van der Waals surface area contributed by atoms with Crippen molar-refractivity contribution in [2.75, 3.05) is 25.2 Å². The molecule has 0 saturated heterocycles. The van der Waals surface area contributed by atoms with Crippen molar-refractivity contribution in [1.82, 2.24) is 15.3 Å². The molecule has 5 nitrogen and oxygen atoms in total. The van der Waals surface area contributed by atoms with Gasteiger partial charge in [-0.1, -0.05) is 0 Å². The molecule has 0 spiro atoms. The summed E-state index contributed by atoms with van der Waals surface area (Å²) >= 11 is 0. The van der Waals surface area contributed by atoms with Crippen LogP contribution in [0.15, 0.2) is 12.4 Å². The van der Waals surface area contributed by atoms with E-state index in [0.29, 0.717) is 18.7 Å². The second-order valence-corrected chi connectivity index (χ2v) is 5.11. The van der Waals surface area contributed by atoms with Crippen LogP contribution in [0.4, 0.5) is 5.82 Å². The Balaban J connectivity index is 2.01. The van der Waals surface area contributed by atoms with Crippen molar-refractivity contribution in [1.29, 1.82) is 0 Å². The predicted molar refractivity (Wildman–Crippen MR) is 76.3 cm³/mol. The van der Waals surface area contributed by atoms with Gasteiger partial charge in [-0.2, -0.15) is 0 Å². The fourth-order valence-electron chi connectivity index (χ4n) is 2.19. The summed E-state index contributed by atoms with van der Waals surface area (Å²) in [5.41, 5.74) is 1.01. The van der Waals surface area contributed by atoms with Gasteiger partial charge in [0.2, 0.25) is 0 Å². The zero-order valence-corrected chi connectivity index (χ0v) is 12.1. The fourth-order valence-corrected chi connectivity index (χ4v) is 2.19. The average Bonchev–Trinajstić information content (AvgIpc) is 3.22. The Morgan fingerprint density at radius 3 is 2.89 bits per heavy atom. The van der Waals surface area contributed by atoms with Gasteiger partial charge in [0, 0.05) is 32.4 Å². The van der Waals surface area contributed by atoms with E-state index in [1.54, 1.807) is 7.11 Å². The Bertz CT molecular complexity index is 395. The van der Waals surface area contributed by atoms with Crippen molar-refractivity contribution in [3.05, 3.63) is 18.1 Å². The van der Waals surface area contributed by atoms with E-state index in [-0.39, 0.29) is 0 Å². The first kappa shape index (κ1) is 14.2.